The molecular formula is C15H15F2N3. The van der Waals surface area contributed by atoms with Gasteiger partial charge in [-0.1, -0.05) is 0 Å². The fraction of sp³-hybridized carbons (Fsp3) is 0.267. The highest BCUT2D eigenvalue weighted by molar-refractivity contribution is 5.69. The molecule has 0 fully saturated rings. The molecule has 2 unspecified atom stereocenters. The Morgan fingerprint density at radius 3 is 2.75 bits per heavy atom. The Hall–Kier alpha value is -2.17. The van der Waals surface area contributed by atoms with Crippen molar-refractivity contribution in [3.05, 3.63) is 53.9 Å². The van der Waals surface area contributed by atoms with E-state index in [1.807, 2.05) is 13.1 Å². The number of fused-ring (bicyclic) bond motifs is 1. The zero-order chi connectivity index (χ0) is 14.1. The summed E-state index contributed by atoms with van der Waals surface area (Å²) in [6.07, 6.45) is 5.39. The van der Waals surface area contributed by atoms with Crippen molar-refractivity contribution in [2.24, 2.45) is 10.9 Å². The average molecular weight is 275 g/mol. The highest BCUT2D eigenvalue weighted by Crippen LogP contribution is 2.31. The van der Waals surface area contributed by atoms with Crippen LogP contribution in [-0.4, -0.2) is 24.3 Å². The summed E-state index contributed by atoms with van der Waals surface area (Å²) < 4.78 is 26.2. The number of hydrogen-bond acceptors (Lipinski definition) is 3. The first-order valence-corrected chi connectivity index (χ1v) is 6.48. The summed E-state index contributed by atoms with van der Waals surface area (Å²) in [6, 6.07) is 6.13. The number of hydrogen-bond donors (Lipinski definition) is 1. The largest absolute Gasteiger partial charge is 0.361 e. The Kier molecular flexibility index (Phi) is 3.26. The molecule has 5 heteroatoms. The first-order valence-electron chi connectivity index (χ1n) is 6.48. The number of halogens is 2. The SMILES string of the molecule is CN1C=C(F)CC2C=NC(Nc3ccc(F)cc3)C=C21. The molecular weight excluding hydrogens is 260 g/mol. The summed E-state index contributed by atoms with van der Waals surface area (Å²) in [7, 11) is 1.83. The quantitative estimate of drug-likeness (QED) is 0.896. The van der Waals surface area contributed by atoms with Crippen molar-refractivity contribution >= 4 is 11.9 Å². The van der Waals surface area contributed by atoms with Crippen molar-refractivity contribution in [2.45, 2.75) is 12.6 Å². The van der Waals surface area contributed by atoms with Gasteiger partial charge >= 0.3 is 0 Å². The summed E-state index contributed by atoms with van der Waals surface area (Å²) >= 11 is 0. The third-order valence-electron chi connectivity index (χ3n) is 3.45. The number of nitrogens with zero attached hydrogens (tertiary/aromatic N) is 2. The van der Waals surface area contributed by atoms with Gasteiger partial charge in [0.05, 0.1) is 0 Å². The lowest BCUT2D eigenvalue weighted by atomic mass is 9.95. The van der Waals surface area contributed by atoms with Crippen LogP contribution in [0, 0.1) is 11.7 Å². The molecule has 0 bridgehead atoms. The van der Waals surface area contributed by atoms with Crippen LogP contribution in [0.25, 0.3) is 0 Å². The fourth-order valence-corrected chi connectivity index (χ4v) is 2.48. The predicted octanol–water partition coefficient (Wildman–Crippen LogP) is 3.29. The molecule has 2 aliphatic rings. The molecule has 1 aromatic rings. The molecule has 0 aliphatic carbocycles. The summed E-state index contributed by atoms with van der Waals surface area (Å²) in [6.45, 7) is 0. The number of dihydropyridines is 1. The Morgan fingerprint density at radius 2 is 2.00 bits per heavy atom. The molecule has 3 nitrogen and oxygen atoms in total. The summed E-state index contributed by atoms with van der Waals surface area (Å²) in [5.41, 5.74) is 1.82. The van der Waals surface area contributed by atoms with E-state index >= 15 is 0 Å². The van der Waals surface area contributed by atoms with Crippen LogP contribution in [0.3, 0.4) is 0 Å². The second kappa shape index (κ2) is 5.07. The summed E-state index contributed by atoms with van der Waals surface area (Å²) in [5.74, 6) is -0.406. The van der Waals surface area contributed by atoms with Gasteiger partial charge in [0, 0.05) is 43.2 Å². The molecule has 0 spiro atoms. The lowest BCUT2D eigenvalue weighted by Gasteiger charge is -2.32. The molecule has 0 aromatic heterocycles. The average Bonchev–Trinajstić information content (AvgIpc) is 2.42. The van der Waals surface area contributed by atoms with E-state index in [9.17, 15) is 8.78 Å². The Labute approximate surface area is 116 Å². The van der Waals surface area contributed by atoms with Gasteiger partial charge in [-0.05, 0) is 30.3 Å². The van der Waals surface area contributed by atoms with Gasteiger partial charge in [0.1, 0.15) is 17.8 Å². The lowest BCUT2D eigenvalue weighted by molar-refractivity contribution is 0.410. The molecule has 0 saturated heterocycles. The van der Waals surface area contributed by atoms with Crippen LogP contribution < -0.4 is 5.32 Å². The first-order chi connectivity index (χ1) is 9.61. The Morgan fingerprint density at radius 1 is 1.25 bits per heavy atom. The molecule has 2 heterocycles. The minimum Gasteiger partial charge on any atom is -0.361 e. The molecule has 0 saturated carbocycles. The van der Waals surface area contributed by atoms with E-state index in [0.717, 1.165) is 11.4 Å². The maximum absolute atomic E-state index is 13.4. The standard InChI is InChI=1S/C15H15F2N3/c1-20-9-12(17)6-10-8-18-15(7-14(10)20)19-13-4-2-11(16)3-5-13/h2-5,7-10,15,19H,6H2,1H3. The van der Waals surface area contributed by atoms with Gasteiger partial charge in [0.15, 0.2) is 0 Å². The number of allylic oxidation sites excluding steroid dienone is 2. The van der Waals surface area contributed by atoms with Crippen LogP contribution in [0.1, 0.15) is 6.42 Å². The normalized spacial score (nSPS) is 24.9. The topological polar surface area (TPSA) is 27.6 Å². The van der Waals surface area contributed by atoms with Gasteiger partial charge in [-0.25, -0.2) is 8.78 Å². The van der Waals surface area contributed by atoms with E-state index in [-0.39, 0.29) is 23.7 Å². The predicted molar refractivity (Wildman–Crippen MR) is 75.4 cm³/mol. The van der Waals surface area contributed by atoms with Gasteiger partial charge in [-0.2, -0.15) is 0 Å². The van der Waals surface area contributed by atoms with E-state index in [0.29, 0.717) is 6.42 Å². The zero-order valence-electron chi connectivity index (χ0n) is 11.1. The molecule has 1 N–H and O–H groups in total. The molecule has 1 aromatic carbocycles. The zero-order valence-corrected chi connectivity index (χ0v) is 11.1. The third-order valence-corrected chi connectivity index (χ3v) is 3.45. The minimum atomic E-state index is -0.270. The van der Waals surface area contributed by atoms with Crippen LogP contribution in [0.5, 0.6) is 0 Å². The monoisotopic (exact) mass is 275 g/mol. The number of benzene rings is 1. The fourth-order valence-electron chi connectivity index (χ4n) is 2.48. The van der Waals surface area contributed by atoms with Gasteiger partial charge in [-0.15, -0.1) is 0 Å². The van der Waals surface area contributed by atoms with Crippen LogP contribution >= 0.6 is 0 Å². The van der Waals surface area contributed by atoms with Gasteiger partial charge < -0.3 is 10.2 Å². The Bertz CT molecular complexity index is 590. The van der Waals surface area contributed by atoms with Crippen molar-refractivity contribution in [1.82, 2.24) is 4.90 Å². The van der Waals surface area contributed by atoms with Crippen LogP contribution in [0.2, 0.25) is 0 Å². The minimum absolute atomic E-state index is 0.00346. The molecule has 20 heavy (non-hydrogen) atoms. The number of anilines is 1. The van der Waals surface area contributed by atoms with Crippen molar-refractivity contribution in [2.75, 3.05) is 12.4 Å². The van der Waals surface area contributed by atoms with Crippen molar-refractivity contribution in [1.29, 1.82) is 0 Å². The second-order valence-electron chi connectivity index (χ2n) is 4.98. The van der Waals surface area contributed by atoms with E-state index in [2.05, 4.69) is 10.3 Å². The van der Waals surface area contributed by atoms with E-state index in [4.69, 9.17) is 0 Å². The number of nitrogens with one attached hydrogen (secondary N) is 1. The van der Waals surface area contributed by atoms with Crippen molar-refractivity contribution in [3.8, 4) is 0 Å². The van der Waals surface area contributed by atoms with Crippen molar-refractivity contribution in [3.63, 3.8) is 0 Å². The van der Waals surface area contributed by atoms with E-state index in [1.165, 1.54) is 18.3 Å². The summed E-state index contributed by atoms with van der Waals surface area (Å²) in [5, 5.41) is 3.19. The Balaban J connectivity index is 1.77. The van der Waals surface area contributed by atoms with Crippen molar-refractivity contribution < 1.29 is 8.78 Å². The van der Waals surface area contributed by atoms with Gasteiger partial charge in [-0.3, -0.25) is 4.99 Å². The molecule has 0 amide bonds. The van der Waals surface area contributed by atoms with E-state index in [1.54, 1.807) is 23.2 Å². The van der Waals surface area contributed by atoms with Crippen LogP contribution in [0.4, 0.5) is 14.5 Å². The maximum Gasteiger partial charge on any atom is 0.139 e. The molecule has 3 rings (SSSR count). The molecule has 0 radical (unpaired) electrons. The highest BCUT2D eigenvalue weighted by atomic mass is 19.1. The maximum atomic E-state index is 13.4. The number of aliphatic imine (C=N–C) groups is 1. The molecule has 2 aliphatic heterocycles. The molecule has 104 valence electrons. The lowest BCUT2D eigenvalue weighted by Crippen LogP contribution is -2.31. The molecule has 2 atom stereocenters. The summed E-state index contributed by atoms with van der Waals surface area (Å²) in [4.78, 5) is 6.16. The second-order valence-corrected chi connectivity index (χ2v) is 4.98. The first kappa shape index (κ1) is 12.8. The number of rotatable bonds is 2. The smallest absolute Gasteiger partial charge is 0.139 e. The highest BCUT2D eigenvalue weighted by Gasteiger charge is 2.26. The van der Waals surface area contributed by atoms with Crippen LogP contribution in [0.15, 0.2) is 53.1 Å². The van der Waals surface area contributed by atoms with Crippen LogP contribution in [-0.2, 0) is 0 Å². The third kappa shape index (κ3) is 2.57. The van der Waals surface area contributed by atoms with E-state index < -0.39 is 0 Å². The van der Waals surface area contributed by atoms with Gasteiger partial charge in [0.2, 0.25) is 0 Å². The van der Waals surface area contributed by atoms with Gasteiger partial charge in [0.25, 0.3) is 0 Å².